The first kappa shape index (κ1) is 16.4. The maximum atomic E-state index is 12.5. The van der Waals surface area contributed by atoms with Crippen LogP contribution in [0.1, 0.15) is 23.2 Å². The number of carbonyl (C=O) groups is 1. The molecule has 1 aliphatic rings. The van der Waals surface area contributed by atoms with E-state index < -0.39 is 6.08 Å². The summed E-state index contributed by atoms with van der Waals surface area (Å²) in [4.78, 5) is 14.0. The van der Waals surface area contributed by atoms with E-state index >= 15 is 0 Å². The summed E-state index contributed by atoms with van der Waals surface area (Å²) in [6.07, 6.45) is -1.14. The first-order valence-corrected chi connectivity index (χ1v) is 7.16. The summed E-state index contributed by atoms with van der Waals surface area (Å²) in [5.41, 5.74) is 0.656. The number of benzene rings is 1. The highest BCUT2D eigenvalue weighted by molar-refractivity contribution is 5.94. The summed E-state index contributed by atoms with van der Waals surface area (Å²) < 4.78 is 35.4. The van der Waals surface area contributed by atoms with Crippen molar-refractivity contribution in [1.82, 2.24) is 4.90 Å². The second-order valence-electron chi connectivity index (χ2n) is 5.03. The first-order chi connectivity index (χ1) is 10.6. The Morgan fingerprint density at radius 1 is 1.23 bits per heavy atom. The minimum absolute atomic E-state index is 0.153. The molecule has 2 rings (SSSR count). The normalized spacial score (nSPS) is 14.9. The van der Waals surface area contributed by atoms with Crippen LogP contribution in [0.5, 0.6) is 5.75 Å². The van der Waals surface area contributed by atoms with Crippen LogP contribution in [0, 0.1) is 0 Å². The molecule has 1 aromatic carbocycles. The lowest BCUT2D eigenvalue weighted by atomic mass is 10.0. The third-order valence-corrected chi connectivity index (χ3v) is 3.56. The van der Waals surface area contributed by atoms with Gasteiger partial charge in [-0.15, -0.1) is 0 Å². The summed E-state index contributed by atoms with van der Waals surface area (Å²) in [5, 5.41) is 0. The van der Waals surface area contributed by atoms with E-state index in [2.05, 4.69) is 0 Å². The highest BCUT2D eigenvalue weighted by Gasteiger charge is 2.22. The number of ether oxygens (including phenoxy) is 2. The molecule has 0 N–H and O–H groups in total. The summed E-state index contributed by atoms with van der Waals surface area (Å²) in [6, 6.07) is 6.87. The molecule has 0 bridgehead atoms. The average molecular weight is 311 g/mol. The molecule has 1 fully saturated rings. The average Bonchev–Trinajstić information content (AvgIpc) is 2.55. The number of methoxy groups -OCH3 is 1. The molecule has 1 amide bonds. The van der Waals surface area contributed by atoms with Gasteiger partial charge in [-0.3, -0.25) is 4.79 Å². The van der Waals surface area contributed by atoms with E-state index in [0.717, 1.165) is 0 Å². The Hall–Kier alpha value is -1.95. The molecule has 0 spiro atoms. The molecule has 0 radical (unpaired) electrons. The van der Waals surface area contributed by atoms with Gasteiger partial charge in [0.15, 0.2) is 0 Å². The van der Waals surface area contributed by atoms with Gasteiger partial charge in [0.1, 0.15) is 12.4 Å². The van der Waals surface area contributed by atoms with Gasteiger partial charge < -0.3 is 14.4 Å². The van der Waals surface area contributed by atoms with Crippen LogP contribution in [0.4, 0.5) is 8.78 Å². The lowest BCUT2D eigenvalue weighted by Crippen LogP contribution is -2.36. The van der Waals surface area contributed by atoms with Crippen molar-refractivity contribution >= 4 is 5.91 Å². The van der Waals surface area contributed by atoms with Crippen molar-refractivity contribution in [3.05, 3.63) is 41.5 Å². The van der Waals surface area contributed by atoms with Crippen LogP contribution in [0.15, 0.2) is 35.9 Å². The number of amides is 1. The van der Waals surface area contributed by atoms with Gasteiger partial charge in [0.25, 0.3) is 12.0 Å². The Kier molecular flexibility index (Phi) is 5.89. The second kappa shape index (κ2) is 7.89. The van der Waals surface area contributed by atoms with Crippen molar-refractivity contribution in [2.75, 3.05) is 33.4 Å². The number of hydrogen-bond donors (Lipinski definition) is 0. The van der Waals surface area contributed by atoms with Gasteiger partial charge in [0.2, 0.25) is 0 Å². The van der Waals surface area contributed by atoms with Crippen LogP contribution in [-0.2, 0) is 4.74 Å². The molecule has 0 unspecified atom stereocenters. The first-order valence-electron chi connectivity index (χ1n) is 7.16. The van der Waals surface area contributed by atoms with Crippen LogP contribution in [0.3, 0.4) is 0 Å². The molecule has 6 heteroatoms. The summed E-state index contributed by atoms with van der Waals surface area (Å²) >= 11 is 0. The fraction of sp³-hybridized carbons (Fsp3) is 0.438. The zero-order chi connectivity index (χ0) is 15.9. The molecular weight excluding hydrogens is 292 g/mol. The maximum absolute atomic E-state index is 12.5. The third kappa shape index (κ3) is 4.27. The predicted octanol–water partition coefficient (Wildman–Crippen LogP) is 3.10. The zero-order valence-corrected chi connectivity index (χ0v) is 12.5. The van der Waals surface area contributed by atoms with Gasteiger partial charge in [0, 0.05) is 25.8 Å². The van der Waals surface area contributed by atoms with Crippen molar-refractivity contribution in [2.24, 2.45) is 0 Å². The van der Waals surface area contributed by atoms with E-state index in [-0.39, 0.29) is 24.3 Å². The monoisotopic (exact) mass is 311 g/mol. The van der Waals surface area contributed by atoms with Gasteiger partial charge in [0.05, 0.1) is 6.61 Å². The van der Waals surface area contributed by atoms with Gasteiger partial charge in [-0.2, -0.15) is 8.78 Å². The lowest BCUT2D eigenvalue weighted by Gasteiger charge is -2.28. The van der Waals surface area contributed by atoms with Crippen molar-refractivity contribution in [3.63, 3.8) is 0 Å². The van der Waals surface area contributed by atoms with Crippen molar-refractivity contribution in [2.45, 2.75) is 12.8 Å². The second-order valence-corrected chi connectivity index (χ2v) is 5.03. The van der Waals surface area contributed by atoms with Crippen LogP contribution in [0.2, 0.25) is 0 Å². The smallest absolute Gasteiger partial charge is 0.269 e. The van der Waals surface area contributed by atoms with E-state index in [1.165, 1.54) is 0 Å². The fourth-order valence-electron chi connectivity index (χ4n) is 2.31. The Balaban J connectivity index is 1.98. The number of likely N-dealkylation sites (tertiary alicyclic amines) is 1. The molecule has 22 heavy (non-hydrogen) atoms. The summed E-state index contributed by atoms with van der Waals surface area (Å²) in [7, 11) is 1.59. The molecule has 1 saturated heterocycles. The molecule has 120 valence electrons. The van der Waals surface area contributed by atoms with Crippen LogP contribution in [0.25, 0.3) is 0 Å². The molecule has 1 aromatic rings. The largest absolute Gasteiger partial charge is 0.491 e. The Bertz CT molecular complexity index is 546. The Morgan fingerprint density at radius 3 is 2.59 bits per heavy atom. The standard InChI is InChI=1S/C16H19F2NO3/c1-21-9-10-22-14-4-2-3-13(11-14)16(20)19-7-5-12(6-8-19)15(17)18/h2-4,11H,5-10H2,1H3. The highest BCUT2D eigenvalue weighted by Crippen LogP contribution is 2.23. The van der Waals surface area contributed by atoms with Gasteiger partial charge in [-0.05, 0) is 36.6 Å². The Morgan fingerprint density at radius 2 is 1.95 bits per heavy atom. The van der Waals surface area contributed by atoms with Crippen molar-refractivity contribution in [1.29, 1.82) is 0 Å². The number of halogens is 2. The topological polar surface area (TPSA) is 38.8 Å². The molecule has 0 aromatic heterocycles. The van der Waals surface area contributed by atoms with Crippen molar-refractivity contribution < 1.29 is 23.0 Å². The zero-order valence-electron chi connectivity index (χ0n) is 12.5. The molecule has 0 saturated carbocycles. The number of hydrogen-bond acceptors (Lipinski definition) is 3. The van der Waals surface area contributed by atoms with E-state index in [4.69, 9.17) is 9.47 Å². The van der Waals surface area contributed by atoms with Crippen LogP contribution < -0.4 is 4.74 Å². The number of piperidine rings is 1. The van der Waals surface area contributed by atoms with Gasteiger partial charge in [-0.25, -0.2) is 0 Å². The number of carbonyl (C=O) groups excluding carboxylic acids is 1. The molecular formula is C16H19F2NO3. The minimum atomic E-state index is -1.61. The van der Waals surface area contributed by atoms with Gasteiger partial charge in [-0.1, -0.05) is 6.07 Å². The molecule has 0 atom stereocenters. The van der Waals surface area contributed by atoms with E-state index in [9.17, 15) is 13.6 Å². The minimum Gasteiger partial charge on any atom is -0.491 e. The van der Waals surface area contributed by atoms with Gasteiger partial charge >= 0.3 is 0 Å². The van der Waals surface area contributed by atoms with E-state index in [0.29, 0.717) is 37.6 Å². The molecule has 4 nitrogen and oxygen atoms in total. The van der Waals surface area contributed by atoms with E-state index in [1.807, 2.05) is 0 Å². The number of nitrogens with zero attached hydrogens (tertiary/aromatic N) is 1. The van der Waals surface area contributed by atoms with Crippen molar-refractivity contribution in [3.8, 4) is 5.75 Å². The summed E-state index contributed by atoms with van der Waals surface area (Å²) in [6.45, 7) is 1.51. The van der Waals surface area contributed by atoms with E-state index in [1.54, 1.807) is 36.3 Å². The molecule has 1 heterocycles. The predicted molar refractivity (Wildman–Crippen MR) is 78.2 cm³/mol. The highest BCUT2D eigenvalue weighted by atomic mass is 19.3. The fourth-order valence-corrected chi connectivity index (χ4v) is 2.31. The maximum Gasteiger partial charge on any atom is 0.269 e. The molecule has 1 aliphatic heterocycles. The van der Waals surface area contributed by atoms with Crippen LogP contribution >= 0.6 is 0 Å². The lowest BCUT2D eigenvalue weighted by molar-refractivity contribution is 0.0740. The summed E-state index contributed by atoms with van der Waals surface area (Å²) in [5.74, 6) is 0.436. The quantitative estimate of drug-likeness (QED) is 0.784. The SMILES string of the molecule is COCCOc1cccc(C(=O)N2CCC(=C(F)F)CC2)c1. The van der Waals surface area contributed by atoms with Crippen LogP contribution in [-0.4, -0.2) is 44.2 Å². The molecule has 0 aliphatic carbocycles. The number of rotatable bonds is 5. The Labute approximate surface area is 128 Å². The third-order valence-electron chi connectivity index (χ3n) is 3.56.